The number of ether oxygens (including phenoxy) is 1. The fourth-order valence-corrected chi connectivity index (χ4v) is 5.75. The largest absolute Gasteiger partial charge is 0.497 e. The molecule has 0 bridgehead atoms. The first kappa shape index (κ1) is 20.5. The van der Waals surface area contributed by atoms with Gasteiger partial charge >= 0.3 is 0 Å². The molecular weight excluding hydrogens is 398 g/mol. The monoisotopic (exact) mass is 425 g/mol. The SMILES string of the molecule is COc1ccc(C2=C(C)C(N3CCN(c4cccc(C)c4)[C@@H](C)C3)=NS2(=O)=O)cc1. The maximum atomic E-state index is 12.9. The molecule has 6 nitrogen and oxygen atoms in total. The Hall–Kier alpha value is -2.80. The van der Waals surface area contributed by atoms with Crippen LogP contribution in [0.3, 0.4) is 0 Å². The highest BCUT2D eigenvalue weighted by atomic mass is 32.2. The quantitative estimate of drug-likeness (QED) is 0.751. The molecule has 2 heterocycles. The van der Waals surface area contributed by atoms with E-state index in [1.807, 2.05) is 6.92 Å². The van der Waals surface area contributed by atoms with Crippen molar-refractivity contribution in [2.75, 3.05) is 31.6 Å². The normalized spacial score (nSPS) is 21.1. The summed E-state index contributed by atoms with van der Waals surface area (Å²) in [6, 6.07) is 15.8. The lowest BCUT2D eigenvalue weighted by Gasteiger charge is -2.42. The van der Waals surface area contributed by atoms with Crippen molar-refractivity contribution >= 4 is 26.5 Å². The number of amidine groups is 1. The van der Waals surface area contributed by atoms with E-state index in [-0.39, 0.29) is 10.9 Å². The van der Waals surface area contributed by atoms with Gasteiger partial charge in [-0.05, 0) is 68.3 Å². The maximum absolute atomic E-state index is 12.9. The van der Waals surface area contributed by atoms with Crippen molar-refractivity contribution in [2.45, 2.75) is 26.8 Å². The number of sulfonamides is 1. The van der Waals surface area contributed by atoms with E-state index in [9.17, 15) is 8.42 Å². The summed E-state index contributed by atoms with van der Waals surface area (Å²) in [6.07, 6.45) is 0. The van der Waals surface area contributed by atoms with Crippen molar-refractivity contribution in [2.24, 2.45) is 4.40 Å². The lowest BCUT2D eigenvalue weighted by Crippen LogP contribution is -2.53. The minimum Gasteiger partial charge on any atom is -0.497 e. The standard InChI is InChI=1S/C23H27N3O3S/c1-16-6-5-7-20(14-16)26-13-12-25(15-17(26)2)23-18(3)22(30(27,28)24-23)19-8-10-21(29-4)11-9-19/h5-11,14,17H,12-13,15H2,1-4H3/t17-/m0/s1. The van der Waals surface area contributed by atoms with Crippen LogP contribution in [0, 0.1) is 6.92 Å². The van der Waals surface area contributed by atoms with Gasteiger partial charge in [-0.3, -0.25) is 0 Å². The highest BCUT2D eigenvalue weighted by Crippen LogP contribution is 2.35. The number of benzene rings is 2. The summed E-state index contributed by atoms with van der Waals surface area (Å²) in [5.41, 5.74) is 3.78. The van der Waals surface area contributed by atoms with Gasteiger partial charge in [-0.2, -0.15) is 8.42 Å². The van der Waals surface area contributed by atoms with E-state index in [0.29, 0.717) is 22.7 Å². The maximum Gasteiger partial charge on any atom is 0.285 e. The van der Waals surface area contributed by atoms with Crippen LogP contribution in [0.2, 0.25) is 0 Å². The summed E-state index contributed by atoms with van der Waals surface area (Å²) in [5, 5.41) is 0. The highest BCUT2D eigenvalue weighted by molar-refractivity contribution is 8.00. The van der Waals surface area contributed by atoms with E-state index in [4.69, 9.17) is 4.74 Å². The van der Waals surface area contributed by atoms with Crippen LogP contribution in [-0.4, -0.2) is 51.9 Å². The molecule has 7 heteroatoms. The molecule has 2 aromatic rings. The second-order valence-electron chi connectivity index (χ2n) is 7.90. The van der Waals surface area contributed by atoms with Crippen LogP contribution >= 0.6 is 0 Å². The zero-order chi connectivity index (χ0) is 21.5. The average molecular weight is 426 g/mol. The minimum absolute atomic E-state index is 0.240. The van der Waals surface area contributed by atoms with Gasteiger partial charge < -0.3 is 14.5 Å². The molecule has 1 fully saturated rings. The van der Waals surface area contributed by atoms with Gasteiger partial charge in [0.1, 0.15) is 16.5 Å². The Morgan fingerprint density at radius 1 is 1.07 bits per heavy atom. The summed E-state index contributed by atoms with van der Waals surface area (Å²) in [4.78, 5) is 4.76. The Kier molecular flexibility index (Phi) is 5.32. The van der Waals surface area contributed by atoms with Crippen LogP contribution in [0.25, 0.3) is 4.91 Å². The third-order valence-electron chi connectivity index (χ3n) is 5.75. The number of rotatable bonds is 3. The molecule has 0 radical (unpaired) electrons. The zero-order valence-electron chi connectivity index (χ0n) is 17.8. The molecule has 0 aliphatic carbocycles. The lowest BCUT2D eigenvalue weighted by molar-refractivity contribution is 0.339. The molecule has 2 aliphatic heterocycles. The van der Waals surface area contributed by atoms with E-state index >= 15 is 0 Å². The second-order valence-corrected chi connectivity index (χ2v) is 9.44. The van der Waals surface area contributed by atoms with Gasteiger partial charge in [0.15, 0.2) is 0 Å². The molecule has 4 rings (SSSR count). The van der Waals surface area contributed by atoms with Crippen molar-refractivity contribution in [3.63, 3.8) is 0 Å². The molecule has 0 aromatic heterocycles. The Bertz CT molecular complexity index is 1120. The Morgan fingerprint density at radius 3 is 2.43 bits per heavy atom. The number of hydrogen-bond acceptors (Lipinski definition) is 5. The minimum atomic E-state index is -3.72. The van der Waals surface area contributed by atoms with Gasteiger partial charge in [0.05, 0.1) is 7.11 Å². The van der Waals surface area contributed by atoms with E-state index in [1.54, 1.807) is 31.4 Å². The molecule has 1 atom stereocenters. The fourth-order valence-electron chi connectivity index (χ4n) is 4.27. The van der Waals surface area contributed by atoms with E-state index < -0.39 is 10.0 Å². The molecule has 2 aliphatic rings. The Labute approximate surface area is 178 Å². The van der Waals surface area contributed by atoms with Gasteiger partial charge in [-0.25, -0.2) is 0 Å². The van der Waals surface area contributed by atoms with Gasteiger partial charge in [-0.15, -0.1) is 4.40 Å². The van der Waals surface area contributed by atoms with Crippen LogP contribution in [0.4, 0.5) is 5.69 Å². The lowest BCUT2D eigenvalue weighted by atomic mass is 10.1. The van der Waals surface area contributed by atoms with E-state index in [2.05, 4.69) is 52.3 Å². The summed E-state index contributed by atoms with van der Waals surface area (Å²) < 4.78 is 35.1. The number of nitrogens with zero attached hydrogens (tertiary/aromatic N) is 3. The molecule has 158 valence electrons. The molecule has 2 aromatic carbocycles. The van der Waals surface area contributed by atoms with Crippen LogP contribution in [0.5, 0.6) is 5.75 Å². The van der Waals surface area contributed by atoms with E-state index in [1.165, 1.54) is 11.3 Å². The molecule has 0 saturated carbocycles. The number of piperazine rings is 1. The van der Waals surface area contributed by atoms with Crippen LogP contribution in [-0.2, 0) is 10.0 Å². The first-order chi connectivity index (χ1) is 14.3. The Morgan fingerprint density at radius 2 is 1.80 bits per heavy atom. The predicted molar refractivity (Wildman–Crippen MR) is 122 cm³/mol. The second kappa shape index (κ2) is 7.80. The average Bonchev–Trinajstić information content (AvgIpc) is 2.96. The first-order valence-electron chi connectivity index (χ1n) is 10.1. The fraction of sp³-hybridized carbons (Fsp3) is 0.348. The van der Waals surface area contributed by atoms with Gasteiger partial charge in [0, 0.05) is 36.9 Å². The Balaban J connectivity index is 1.59. The van der Waals surface area contributed by atoms with Crippen LogP contribution < -0.4 is 9.64 Å². The van der Waals surface area contributed by atoms with Gasteiger partial charge in [0.25, 0.3) is 10.0 Å². The topological polar surface area (TPSA) is 62.2 Å². The van der Waals surface area contributed by atoms with Crippen molar-refractivity contribution in [3.8, 4) is 5.75 Å². The van der Waals surface area contributed by atoms with Crippen molar-refractivity contribution in [3.05, 3.63) is 65.2 Å². The highest BCUT2D eigenvalue weighted by Gasteiger charge is 2.36. The van der Waals surface area contributed by atoms with Crippen molar-refractivity contribution < 1.29 is 13.2 Å². The number of aryl methyl sites for hydroxylation is 1. The number of hydrogen-bond donors (Lipinski definition) is 0. The molecular formula is C23H27N3O3S. The third-order valence-corrected chi connectivity index (χ3v) is 7.22. The summed E-state index contributed by atoms with van der Waals surface area (Å²) in [6.45, 7) is 8.37. The predicted octanol–water partition coefficient (Wildman–Crippen LogP) is 3.69. The summed E-state index contributed by atoms with van der Waals surface area (Å²) in [5.74, 6) is 1.26. The molecule has 0 spiro atoms. The van der Waals surface area contributed by atoms with Gasteiger partial charge in [0.2, 0.25) is 0 Å². The van der Waals surface area contributed by atoms with Crippen molar-refractivity contribution in [1.29, 1.82) is 0 Å². The smallest absolute Gasteiger partial charge is 0.285 e. The van der Waals surface area contributed by atoms with E-state index in [0.717, 1.165) is 19.6 Å². The third kappa shape index (κ3) is 3.69. The van der Waals surface area contributed by atoms with Crippen LogP contribution in [0.15, 0.2) is 58.5 Å². The van der Waals surface area contributed by atoms with Crippen molar-refractivity contribution in [1.82, 2.24) is 4.90 Å². The number of anilines is 1. The zero-order valence-corrected chi connectivity index (χ0v) is 18.6. The first-order valence-corrected chi connectivity index (χ1v) is 11.5. The summed E-state index contributed by atoms with van der Waals surface area (Å²) in [7, 11) is -2.14. The molecule has 0 unspecified atom stereocenters. The van der Waals surface area contributed by atoms with Crippen LogP contribution in [0.1, 0.15) is 25.0 Å². The molecule has 30 heavy (non-hydrogen) atoms. The molecule has 1 saturated heterocycles. The van der Waals surface area contributed by atoms with Gasteiger partial charge in [-0.1, -0.05) is 12.1 Å². The molecule has 0 N–H and O–H groups in total. The number of methoxy groups -OCH3 is 1. The summed E-state index contributed by atoms with van der Waals surface area (Å²) >= 11 is 0. The molecule has 0 amide bonds.